The second-order valence-electron chi connectivity index (χ2n) is 6.17. The number of hydrogen-bond acceptors (Lipinski definition) is 3. The van der Waals surface area contributed by atoms with Gasteiger partial charge in [-0.05, 0) is 23.8 Å². The lowest BCUT2D eigenvalue weighted by Gasteiger charge is -2.21. The SMILES string of the molecule is CC1=CN(C/C=C\CNC(=O)c2cccc3ccccc23)C(=O)CC1=O. The van der Waals surface area contributed by atoms with Gasteiger partial charge < -0.3 is 10.2 Å². The lowest BCUT2D eigenvalue weighted by Crippen LogP contribution is -2.33. The zero-order chi connectivity index (χ0) is 18.5. The van der Waals surface area contributed by atoms with E-state index in [1.54, 1.807) is 31.3 Å². The fourth-order valence-corrected chi connectivity index (χ4v) is 2.85. The summed E-state index contributed by atoms with van der Waals surface area (Å²) in [5.41, 5.74) is 1.22. The number of nitrogens with zero attached hydrogens (tertiary/aromatic N) is 1. The quantitative estimate of drug-likeness (QED) is 0.667. The Hall–Kier alpha value is -3.21. The summed E-state index contributed by atoms with van der Waals surface area (Å²) >= 11 is 0. The predicted molar refractivity (Wildman–Crippen MR) is 101 cm³/mol. The van der Waals surface area contributed by atoms with E-state index in [4.69, 9.17) is 0 Å². The summed E-state index contributed by atoms with van der Waals surface area (Å²) in [6, 6.07) is 13.4. The van der Waals surface area contributed by atoms with Crippen molar-refractivity contribution in [3.05, 3.63) is 72.0 Å². The molecule has 5 heteroatoms. The minimum absolute atomic E-state index is 0.0754. The van der Waals surface area contributed by atoms with Gasteiger partial charge in [-0.1, -0.05) is 48.6 Å². The summed E-state index contributed by atoms with van der Waals surface area (Å²) in [4.78, 5) is 37.1. The molecule has 3 rings (SSSR count). The molecular formula is C21H20N2O3. The summed E-state index contributed by atoms with van der Waals surface area (Å²) in [5.74, 6) is -0.468. The number of nitrogens with one attached hydrogen (secondary N) is 1. The first-order valence-electron chi connectivity index (χ1n) is 8.48. The average Bonchev–Trinajstić information content (AvgIpc) is 2.64. The zero-order valence-corrected chi connectivity index (χ0v) is 14.6. The molecule has 1 aliphatic heterocycles. The summed E-state index contributed by atoms with van der Waals surface area (Å²) < 4.78 is 0. The minimum Gasteiger partial charge on any atom is -0.349 e. The molecule has 0 unspecified atom stereocenters. The molecule has 0 aliphatic carbocycles. The molecule has 0 atom stereocenters. The van der Waals surface area contributed by atoms with Gasteiger partial charge in [0.15, 0.2) is 5.78 Å². The maximum absolute atomic E-state index is 12.4. The first kappa shape index (κ1) is 17.6. The van der Waals surface area contributed by atoms with E-state index in [1.165, 1.54) is 4.90 Å². The van der Waals surface area contributed by atoms with Crippen LogP contribution in [0.4, 0.5) is 0 Å². The Balaban J connectivity index is 1.56. The van der Waals surface area contributed by atoms with Gasteiger partial charge in [-0.15, -0.1) is 0 Å². The largest absolute Gasteiger partial charge is 0.349 e. The molecular weight excluding hydrogens is 328 g/mol. The van der Waals surface area contributed by atoms with E-state index in [0.717, 1.165) is 10.8 Å². The summed E-state index contributed by atoms with van der Waals surface area (Å²) in [7, 11) is 0. The standard InChI is InChI=1S/C21H20N2O3/c1-15-14-23(20(25)13-19(15)24)12-5-4-11-22-21(26)18-10-6-8-16-7-2-3-9-17(16)18/h2-10,14H,11-13H2,1H3,(H,22,26)/b5-4-. The van der Waals surface area contributed by atoms with Crippen LogP contribution >= 0.6 is 0 Å². The number of benzene rings is 2. The van der Waals surface area contributed by atoms with Crippen LogP contribution in [0, 0.1) is 0 Å². The van der Waals surface area contributed by atoms with Gasteiger partial charge in [0.1, 0.15) is 0 Å². The van der Waals surface area contributed by atoms with Crippen LogP contribution in [0.5, 0.6) is 0 Å². The highest BCUT2D eigenvalue weighted by molar-refractivity contribution is 6.09. The fourth-order valence-electron chi connectivity index (χ4n) is 2.85. The van der Waals surface area contributed by atoms with Gasteiger partial charge in [-0.3, -0.25) is 14.4 Å². The topological polar surface area (TPSA) is 66.5 Å². The Kier molecular flexibility index (Phi) is 5.27. The lowest BCUT2D eigenvalue weighted by atomic mass is 10.0. The van der Waals surface area contributed by atoms with Crippen molar-refractivity contribution in [1.82, 2.24) is 10.2 Å². The molecule has 0 saturated carbocycles. The van der Waals surface area contributed by atoms with Crippen LogP contribution in [0.15, 0.2) is 66.4 Å². The van der Waals surface area contributed by atoms with Gasteiger partial charge in [0.05, 0.1) is 6.42 Å². The first-order chi connectivity index (χ1) is 12.6. The molecule has 0 bridgehead atoms. The van der Waals surface area contributed by atoms with Gasteiger partial charge in [-0.2, -0.15) is 0 Å². The van der Waals surface area contributed by atoms with E-state index in [9.17, 15) is 14.4 Å². The molecule has 2 amide bonds. The molecule has 132 valence electrons. The van der Waals surface area contributed by atoms with Crippen molar-refractivity contribution < 1.29 is 14.4 Å². The molecule has 5 nitrogen and oxygen atoms in total. The summed E-state index contributed by atoms with van der Waals surface area (Å²) in [6.07, 6.45) is 5.11. The average molecular weight is 348 g/mol. The molecule has 0 radical (unpaired) electrons. The van der Waals surface area contributed by atoms with E-state index in [-0.39, 0.29) is 24.0 Å². The monoisotopic (exact) mass is 348 g/mol. The number of ketones is 1. The van der Waals surface area contributed by atoms with E-state index < -0.39 is 0 Å². The Morgan fingerprint density at radius 3 is 2.73 bits per heavy atom. The fraction of sp³-hybridized carbons (Fsp3) is 0.190. The first-order valence-corrected chi connectivity index (χ1v) is 8.48. The Morgan fingerprint density at radius 1 is 1.12 bits per heavy atom. The van der Waals surface area contributed by atoms with E-state index in [0.29, 0.717) is 24.2 Å². The van der Waals surface area contributed by atoms with Gasteiger partial charge in [0.2, 0.25) is 5.91 Å². The van der Waals surface area contributed by atoms with Crippen molar-refractivity contribution in [3.8, 4) is 0 Å². The number of fused-ring (bicyclic) bond motifs is 1. The lowest BCUT2D eigenvalue weighted by molar-refractivity contribution is -0.133. The predicted octanol–water partition coefficient (Wildman–Crippen LogP) is 2.83. The van der Waals surface area contributed by atoms with Crippen molar-refractivity contribution >= 4 is 28.4 Å². The smallest absolute Gasteiger partial charge is 0.252 e. The molecule has 0 fully saturated rings. The molecule has 0 saturated heterocycles. The molecule has 2 aromatic carbocycles. The molecule has 0 spiro atoms. The van der Waals surface area contributed by atoms with Crippen LogP contribution in [0.25, 0.3) is 10.8 Å². The zero-order valence-electron chi connectivity index (χ0n) is 14.6. The van der Waals surface area contributed by atoms with Crippen LogP contribution in [-0.4, -0.2) is 35.6 Å². The third-order valence-corrected chi connectivity index (χ3v) is 4.30. The van der Waals surface area contributed by atoms with Crippen molar-refractivity contribution in [2.75, 3.05) is 13.1 Å². The maximum atomic E-state index is 12.4. The number of allylic oxidation sites excluding steroid dienone is 1. The van der Waals surface area contributed by atoms with Crippen molar-refractivity contribution in [3.63, 3.8) is 0 Å². The third-order valence-electron chi connectivity index (χ3n) is 4.30. The second kappa shape index (κ2) is 7.78. The van der Waals surface area contributed by atoms with Gasteiger partial charge >= 0.3 is 0 Å². The summed E-state index contributed by atoms with van der Waals surface area (Å²) in [6.45, 7) is 2.45. The highest BCUT2D eigenvalue weighted by Crippen LogP contribution is 2.18. The number of amides is 2. The number of carbonyl (C=O) groups is 3. The molecule has 0 aromatic heterocycles. The molecule has 1 aliphatic rings. The van der Waals surface area contributed by atoms with E-state index >= 15 is 0 Å². The number of carbonyl (C=O) groups excluding carboxylic acids is 3. The molecule has 1 N–H and O–H groups in total. The second-order valence-corrected chi connectivity index (χ2v) is 6.17. The van der Waals surface area contributed by atoms with Crippen LogP contribution < -0.4 is 5.32 Å². The van der Waals surface area contributed by atoms with Crippen LogP contribution in [0.3, 0.4) is 0 Å². The molecule has 1 heterocycles. The highest BCUT2D eigenvalue weighted by Gasteiger charge is 2.21. The Bertz CT molecular complexity index is 923. The molecule has 2 aromatic rings. The maximum Gasteiger partial charge on any atom is 0.252 e. The number of hydrogen-bond donors (Lipinski definition) is 1. The Morgan fingerprint density at radius 2 is 1.88 bits per heavy atom. The Labute approximate surface area is 152 Å². The van der Waals surface area contributed by atoms with Crippen molar-refractivity contribution in [1.29, 1.82) is 0 Å². The van der Waals surface area contributed by atoms with E-state index in [1.807, 2.05) is 36.4 Å². The normalized spacial score (nSPS) is 14.8. The van der Waals surface area contributed by atoms with Crippen LogP contribution in [-0.2, 0) is 9.59 Å². The van der Waals surface area contributed by atoms with Gasteiger partial charge in [0, 0.05) is 30.4 Å². The van der Waals surface area contributed by atoms with Gasteiger partial charge in [-0.25, -0.2) is 0 Å². The molecule has 26 heavy (non-hydrogen) atoms. The number of Topliss-reactive ketones (excluding diaryl/α,β-unsaturated/α-hetero) is 1. The van der Waals surface area contributed by atoms with Crippen molar-refractivity contribution in [2.24, 2.45) is 0 Å². The van der Waals surface area contributed by atoms with Crippen LogP contribution in [0.1, 0.15) is 23.7 Å². The van der Waals surface area contributed by atoms with E-state index in [2.05, 4.69) is 5.32 Å². The van der Waals surface area contributed by atoms with Crippen molar-refractivity contribution in [2.45, 2.75) is 13.3 Å². The highest BCUT2D eigenvalue weighted by atomic mass is 16.2. The third kappa shape index (κ3) is 3.88. The number of rotatable bonds is 5. The summed E-state index contributed by atoms with van der Waals surface area (Å²) in [5, 5.41) is 4.80. The minimum atomic E-state index is -0.204. The van der Waals surface area contributed by atoms with Crippen LogP contribution in [0.2, 0.25) is 0 Å². The van der Waals surface area contributed by atoms with Gasteiger partial charge in [0.25, 0.3) is 5.91 Å².